The van der Waals surface area contributed by atoms with Gasteiger partial charge in [0.05, 0.1) is 5.41 Å². The Labute approximate surface area is 409 Å². The van der Waals surface area contributed by atoms with Gasteiger partial charge in [0, 0.05) is 56.9 Å². The van der Waals surface area contributed by atoms with Gasteiger partial charge in [-0.25, -0.2) is 0 Å². The Hall–Kier alpha value is -6.94. The second-order valence-electron chi connectivity index (χ2n) is 17.0. The normalized spacial score (nSPS) is 12.8. The monoisotopic (exact) mass is 1070 g/mol. The maximum Gasteiger partial charge on any atom is 0.143 e. The number of halogens is 2. The number of furan rings is 2. The molecule has 1 aliphatic rings. The van der Waals surface area contributed by atoms with Gasteiger partial charge in [-0.2, -0.15) is 0 Å². The van der Waals surface area contributed by atoms with E-state index in [0.717, 1.165) is 83.2 Å². The van der Waals surface area contributed by atoms with E-state index in [0.29, 0.717) is 0 Å². The SMILES string of the molecule is Ic1ccc(C2(c3ccc(I)cc3)c3ccccc3-c3cc(N(c4ccc(-c5cccc6c5oc5ccccc56)cc4)c4ccc(-c5cccc6c5oc5ccccc56)cc4)ccc32)cc1. The first-order chi connectivity index (χ1) is 32.5. The molecule has 0 atom stereocenters. The largest absolute Gasteiger partial charge is 0.455 e. The number of hydrogen-bond donors (Lipinski definition) is 0. The summed E-state index contributed by atoms with van der Waals surface area (Å²) in [7, 11) is 0. The molecule has 0 fully saturated rings. The summed E-state index contributed by atoms with van der Waals surface area (Å²) in [5.41, 5.74) is 18.2. The highest BCUT2D eigenvalue weighted by atomic mass is 127. The van der Waals surface area contributed by atoms with Crippen LogP contribution in [0.25, 0.3) is 77.3 Å². The highest BCUT2D eigenvalue weighted by Crippen LogP contribution is 2.57. The lowest BCUT2D eigenvalue weighted by Gasteiger charge is -2.34. The van der Waals surface area contributed by atoms with Gasteiger partial charge in [-0.3, -0.25) is 0 Å². The molecule has 2 aromatic heterocycles. The van der Waals surface area contributed by atoms with Crippen molar-refractivity contribution in [1.82, 2.24) is 0 Å². The molecule has 0 unspecified atom stereocenters. The maximum atomic E-state index is 6.49. The number of para-hydroxylation sites is 4. The Morgan fingerprint density at radius 1 is 0.333 bits per heavy atom. The minimum absolute atomic E-state index is 0.497. The van der Waals surface area contributed by atoms with Gasteiger partial charge in [0.1, 0.15) is 22.3 Å². The summed E-state index contributed by atoms with van der Waals surface area (Å²) in [5.74, 6) is 0. The molecule has 2 heterocycles. The summed E-state index contributed by atoms with van der Waals surface area (Å²) in [6.45, 7) is 0. The van der Waals surface area contributed by atoms with Gasteiger partial charge in [-0.15, -0.1) is 0 Å². The number of rotatable bonds is 7. The molecule has 0 radical (unpaired) electrons. The van der Waals surface area contributed by atoms with Gasteiger partial charge in [-0.05, 0) is 162 Å². The average molecular weight is 1070 g/mol. The summed E-state index contributed by atoms with van der Waals surface area (Å²) >= 11 is 4.83. The van der Waals surface area contributed by atoms with Gasteiger partial charge in [-0.1, -0.05) is 152 Å². The molecule has 312 valence electrons. The molecular weight excluding hydrogens is 1030 g/mol. The Balaban J connectivity index is 0.982. The molecular formula is C61H37I2NO2. The number of fused-ring (bicyclic) bond motifs is 9. The number of nitrogens with zero attached hydrogens (tertiary/aromatic N) is 1. The first-order valence-corrected chi connectivity index (χ1v) is 24.3. The molecule has 10 aromatic carbocycles. The minimum Gasteiger partial charge on any atom is -0.455 e. The summed E-state index contributed by atoms with van der Waals surface area (Å²) in [6, 6.07) is 81.5. The number of benzene rings is 10. The molecule has 5 heteroatoms. The third-order valence-corrected chi connectivity index (χ3v) is 15.0. The van der Waals surface area contributed by atoms with E-state index in [1.807, 2.05) is 24.3 Å². The molecule has 12 aromatic rings. The first-order valence-electron chi connectivity index (χ1n) is 22.1. The lowest BCUT2D eigenvalue weighted by atomic mass is 9.68. The summed E-state index contributed by atoms with van der Waals surface area (Å²) < 4.78 is 15.4. The van der Waals surface area contributed by atoms with Crippen LogP contribution in [0.15, 0.2) is 233 Å². The van der Waals surface area contributed by atoms with E-state index >= 15 is 0 Å². The molecule has 66 heavy (non-hydrogen) atoms. The fourth-order valence-corrected chi connectivity index (χ4v) is 11.3. The standard InChI is InChI=1S/C61H37I2NO2/c62-42-27-23-40(24-28-42)61(41-25-29-43(63)30-26-41)55-16-4-1-9-49(55)54-37-46(35-36-56(54)61)64(44-31-19-38(20-32-44)47-12-7-14-52-50-10-2-5-17-57(50)65-59(47)52)45-33-21-39(22-34-45)48-13-8-15-53-51-11-3-6-18-58(51)66-60(48)53/h1-37H. The zero-order valence-corrected chi connectivity index (χ0v) is 39.7. The number of anilines is 3. The van der Waals surface area contributed by atoms with Gasteiger partial charge in [0.25, 0.3) is 0 Å². The van der Waals surface area contributed by atoms with Crippen molar-refractivity contribution in [3.63, 3.8) is 0 Å². The van der Waals surface area contributed by atoms with Crippen molar-refractivity contribution in [2.24, 2.45) is 0 Å². The van der Waals surface area contributed by atoms with Crippen LogP contribution in [0.3, 0.4) is 0 Å². The van der Waals surface area contributed by atoms with Gasteiger partial charge in [0.2, 0.25) is 0 Å². The minimum atomic E-state index is -0.497. The van der Waals surface area contributed by atoms with Crippen molar-refractivity contribution in [2.45, 2.75) is 5.41 Å². The van der Waals surface area contributed by atoms with Crippen LogP contribution < -0.4 is 4.90 Å². The quantitative estimate of drug-likeness (QED) is 0.149. The van der Waals surface area contributed by atoms with Crippen LogP contribution >= 0.6 is 45.2 Å². The van der Waals surface area contributed by atoms with Gasteiger partial charge < -0.3 is 13.7 Å². The van der Waals surface area contributed by atoms with Crippen LogP contribution in [0.5, 0.6) is 0 Å². The Morgan fingerprint density at radius 2 is 0.758 bits per heavy atom. The maximum absolute atomic E-state index is 6.49. The van der Waals surface area contributed by atoms with Gasteiger partial charge in [0.15, 0.2) is 0 Å². The molecule has 0 aliphatic heterocycles. The van der Waals surface area contributed by atoms with Crippen molar-refractivity contribution in [2.75, 3.05) is 4.90 Å². The fraction of sp³-hybridized carbons (Fsp3) is 0.0164. The lowest BCUT2D eigenvalue weighted by molar-refractivity contribution is 0.669. The molecule has 0 amide bonds. The predicted molar refractivity (Wildman–Crippen MR) is 289 cm³/mol. The van der Waals surface area contributed by atoms with E-state index in [1.165, 1.54) is 40.5 Å². The zero-order valence-electron chi connectivity index (χ0n) is 35.4. The first kappa shape index (κ1) is 39.4. The van der Waals surface area contributed by atoms with Crippen molar-refractivity contribution in [1.29, 1.82) is 0 Å². The van der Waals surface area contributed by atoms with Gasteiger partial charge >= 0.3 is 0 Å². The van der Waals surface area contributed by atoms with E-state index in [1.54, 1.807) is 0 Å². The number of hydrogen-bond acceptors (Lipinski definition) is 3. The second-order valence-corrected chi connectivity index (χ2v) is 19.5. The van der Waals surface area contributed by atoms with Crippen LogP contribution in [-0.4, -0.2) is 0 Å². The van der Waals surface area contributed by atoms with E-state index in [-0.39, 0.29) is 0 Å². The van der Waals surface area contributed by atoms with E-state index in [4.69, 9.17) is 8.83 Å². The topological polar surface area (TPSA) is 29.5 Å². The van der Waals surface area contributed by atoms with Crippen LogP contribution in [-0.2, 0) is 5.41 Å². The zero-order chi connectivity index (χ0) is 43.9. The van der Waals surface area contributed by atoms with Crippen LogP contribution in [0.1, 0.15) is 22.3 Å². The molecule has 0 spiro atoms. The second kappa shape index (κ2) is 15.6. The smallest absolute Gasteiger partial charge is 0.143 e. The highest BCUT2D eigenvalue weighted by molar-refractivity contribution is 14.1. The third kappa shape index (κ3) is 6.13. The van der Waals surface area contributed by atoms with Crippen molar-refractivity contribution < 1.29 is 8.83 Å². The van der Waals surface area contributed by atoms with E-state index in [9.17, 15) is 0 Å². The van der Waals surface area contributed by atoms with Crippen molar-refractivity contribution in [3.05, 3.63) is 254 Å². The van der Waals surface area contributed by atoms with Crippen molar-refractivity contribution in [3.8, 4) is 33.4 Å². The Kier molecular flexibility index (Phi) is 9.32. The van der Waals surface area contributed by atoms with E-state index < -0.39 is 5.41 Å². The van der Waals surface area contributed by atoms with Crippen LogP contribution in [0, 0.1) is 7.14 Å². The highest BCUT2D eigenvalue weighted by Gasteiger charge is 2.46. The fourth-order valence-electron chi connectivity index (χ4n) is 10.6. The molecule has 0 N–H and O–H groups in total. The third-order valence-electron chi connectivity index (χ3n) is 13.5. The summed E-state index contributed by atoms with van der Waals surface area (Å²) in [6.07, 6.45) is 0. The molecule has 1 aliphatic carbocycles. The Bertz CT molecular complexity index is 3630. The molecule has 0 saturated heterocycles. The van der Waals surface area contributed by atoms with E-state index in [2.05, 4.69) is 250 Å². The summed E-state index contributed by atoms with van der Waals surface area (Å²) in [4.78, 5) is 2.38. The van der Waals surface area contributed by atoms with Crippen LogP contribution in [0.2, 0.25) is 0 Å². The van der Waals surface area contributed by atoms with Crippen molar-refractivity contribution >= 4 is 106 Å². The molecule has 0 saturated carbocycles. The average Bonchev–Trinajstić information content (AvgIpc) is 4.04. The Morgan fingerprint density at radius 3 is 1.29 bits per heavy atom. The molecule has 0 bridgehead atoms. The summed E-state index contributed by atoms with van der Waals surface area (Å²) in [5, 5.41) is 4.50. The molecule has 13 rings (SSSR count). The predicted octanol–water partition coefficient (Wildman–Crippen LogP) is 17.9. The van der Waals surface area contributed by atoms with Crippen LogP contribution in [0.4, 0.5) is 17.1 Å². The molecule has 3 nitrogen and oxygen atoms in total. The lowest BCUT2D eigenvalue weighted by Crippen LogP contribution is -2.28.